The van der Waals surface area contributed by atoms with Crippen molar-refractivity contribution in [1.82, 2.24) is 9.78 Å². The molecule has 0 saturated carbocycles. The van der Waals surface area contributed by atoms with E-state index >= 15 is 0 Å². The van der Waals surface area contributed by atoms with Crippen molar-refractivity contribution in [3.05, 3.63) is 11.8 Å². The summed E-state index contributed by atoms with van der Waals surface area (Å²) in [5, 5.41) is 7.59. The number of carbonyl (C=O) groups is 2. The minimum Gasteiger partial charge on any atom is -0.465 e. The van der Waals surface area contributed by atoms with Crippen LogP contribution in [0.25, 0.3) is 0 Å². The van der Waals surface area contributed by atoms with Gasteiger partial charge in [-0.1, -0.05) is 0 Å². The molecule has 110 valence electrons. The normalized spacial score (nSPS) is 18.3. The number of hydrogen-bond donors (Lipinski definition) is 1. The molecule has 0 bridgehead atoms. The molecule has 1 aliphatic heterocycles. The van der Waals surface area contributed by atoms with Crippen LogP contribution in [0.5, 0.6) is 0 Å². The number of anilines is 1. The van der Waals surface area contributed by atoms with Gasteiger partial charge in [-0.2, -0.15) is 5.10 Å². The second-order valence-corrected chi connectivity index (χ2v) is 4.83. The number of ether oxygens (including phenoxy) is 2. The van der Waals surface area contributed by atoms with Crippen LogP contribution in [0, 0.1) is 6.92 Å². The number of cyclic esters (lactones) is 2. The smallest absolute Gasteiger partial charge is 0.317 e. The van der Waals surface area contributed by atoms with Crippen LogP contribution >= 0.6 is 0 Å². The summed E-state index contributed by atoms with van der Waals surface area (Å²) in [5.41, 5.74) is 0.924. The lowest BCUT2D eigenvalue weighted by Crippen LogP contribution is -2.28. The summed E-state index contributed by atoms with van der Waals surface area (Å²) in [4.78, 5) is 22.6. The molecule has 0 amide bonds. The first-order chi connectivity index (χ1) is 9.54. The quantitative estimate of drug-likeness (QED) is 0.637. The van der Waals surface area contributed by atoms with Gasteiger partial charge < -0.3 is 14.8 Å². The third kappa shape index (κ3) is 3.97. The molecule has 1 fully saturated rings. The maximum atomic E-state index is 11.3. The fraction of sp³-hybridized carbons (Fsp3) is 0.615. The van der Waals surface area contributed by atoms with E-state index in [4.69, 9.17) is 9.47 Å². The summed E-state index contributed by atoms with van der Waals surface area (Å²) in [5.74, 6) is -0.179. The molecule has 7 nitrogen and oxygen atoms in total. The molecule has 1 N–H and O–H groups in total. The van der Waals surface area contributed by atoms with Crippen molar-refractivity contribution in [2.24, 2.45) is 7.05 Å². The number of esters is 2. The summed E-state index contributed by atoms with van der Waals surface area (Å²) in [7, 11) is 1.86. The van der Waals surface area contributed by atoms with Gasteiger partial charge in [-0.15, -0.1) is 0 Å². The zero-order valence-corrected chi connectivity index (χ0v) is 11.7. The average molecular weight is 281 g/mol. The van der Waals surface area contributed by atoms with Crippen LogP contribution in [0.3, 0.4) is 0 Å². The molecule has 1 aromatic rings. The third-order valence-corrected chi connectivity index (χ3v) is 3.10. The molecule has 1 aromatic heterocycles. The van der Waals surface area contributed by atoms with Gasteiger partial charge in [-0.3, -0.25) is 14.3 Å². The number of hydrogen-bond acceptors (Lipinski definition) is 6. The molecule has 0 aliphatic carbocycles. The minimum absolute atomic E-state index is 0.0588. The minimum atomic E-state index is -0.535. The molecule has 2 heterocycles. The lowest BCUT2D eigenvalue weighted by atomic mass is 10.1. The highest BCUT2D eigenvalue weighted by Gasteiger charge is 2.18. The van der Waals surface area contributed by atoms with Gasteiger partial charge in [-0.25, -0.2) is 0 Å². The molecule has 1 aliphatic rings. The van der Waals surface area contributed by atoms with E-state index in [0.717, 1.165) is 11.5 Å². The fourth-order valence-electron chi connectivity index (χ4n) is 2.09. The van der Waals surface area contributed by atoms with Crippen LogP contribution in [0.4, 0.5) is 5.82 Å². The van der Waals surface area contributed by atoms with E-state index in [-0.39, 0.29) is 12.5 Å². The van der Waals surface area contributed by atoms with Crippen LogP contribution in [-0.2, 0) is 26.1 Å². The molecule has 0 atom stereocenters. The van der Waals surface area contributed by atoms with E-state index in [9.17, 15) is 9.59 Å². The molecule has 1 saturated heterocycles. The van der Waals surface area contributed by atoms with Crippen molar-refractivity contribution in [3.63, 3.8) is 0 Å². The largest absolute Gasteiger partial charge is 0.465 e. The molecule has 0 spiro atoms. The van der Waals surface area contributed by atoms with Crippen LogP contribution in [0.1, 0.15) is 25.0 Å². The summed E-state index contributed by atoms with van der Waals surface area (Å²) >= 11 is 0. The predicted octanol–water partition coefficient (Wildman–Crippen LogP) is 0.779. The summed E-state index contributed by atoms with van der Waals surface area (Å²) in [6.45, 7) is 2.50. The van der Waals surface area contributed by atoms with Crippen LogP contribution in [0.2, 0.25) is 0 Å². The van der Waals surface area contributed by atoms with Gasteiger partial charge in [0.15, 0.2) is 0 Å². The molecular weight excluding hydrogens is 262 g/mol. The van der Waals surface area contributed by atoms with Crippen molar-refractivity contribution in [3.8, 4) is 0 Å². The fourth-order valence-corrected chi connectivity index (χ4v) is 2.09. The molecule has 0 aromatic carbocycles. The van der Waals surface area contributed by atoms with Gasteiger partial charge in [0.05, 0.1) is 18.9 Å². The molecule has 2 rings (SSSR count). The van der Waals surface area contributed by atoms with Crippen LogP contribution in [0.15, 0.2) is 6.07 Å². The first-order valence-electron chi connectivity index (χ1n) is 6.63. The van der Waals surface area contributed by atoms with Crippen LogP contribution < -0.4 is 5.32 Å². The Labute approximate surface area is 117 Å². The number of rotatable bonds is 2. The Balaban J connectivity index is 1.97. The first-order valence-corrected chi connectivity index (χ1v) is 6.63. The van der Waals surface area contributed by atoms with E-state index in [0.29, 0.717) is 26.1 Å². The molecular formula is C13H19N3O4. The van der Waals surface area contributed by atoms with Crippen molar-refractivity contribution in [2.45, 2.75) is 32.2 Å². The number of nitrogens with zero attached hydrogens (tertiary/aromatic N) is 2. The van der Waals surface area contributed by atoms with E-state index in [1.807, 2.05) is 20.0 Å². The lowest BCUT2D eigenvalue weighted by Gasteiger charge is -2.20. The van der Waals surface area contributed by atoms with Gasteiger partial charge in [0, 0.05) is 32.0 Å². The molecule has 7 heteroatoms. The highest BCUT2D eigenvalue weighted by Crippen LogP contribution is 2.14. The Morgan fingerprint density at radius 3 is 2.35 bits per heavy atom. The Morgan fingerprint density at radius 1 is 1.25 bits per heavy atom. The SMILES string of the molecule is Cc1cc(NC2CCOC(=O)CC(=O)OCC2)n(C)n1. The monoisotopic (exact) mass is 281 g/mol. The summed E-state index contributed by atoms with van der Waals surface area (Å²) in [6.07, 6.45) is 1.01. The standard InChI is InChI=1S/C13H19N3O4/c1-9-7-11(16(2)15-9)14-10-3-5-19-12(17)8-13(18)20-6-4-10/h7,10,14H,3-6,8H2,1-2H3. The second kappa shape index (κ2) is 6.40. The van der Waals surface area contributed by atoms with Crippen molar-refractivity contribution < 1.29 is 19.1 Å². The Morgan fingerprint density at radius 2 is 1.85 bits per heavy atom. The van der Waals surface area contributed by atoms with Gasteiger partial charge >= 0.3 is 11.9 Å². The third-order valence-electron chi connectivity index (χ3n) is 3.10. The highest BCUT2D eigenvalue weighted by molar-refractivity contribution is 5.91. The van der Waals surface area contributed by atoms with E-state index in [1.165, 1.54) is 0 Å². The van der Waals surface area contributed by atoms with Crippen molar-refractivity contribution in [2.75, 3.05) is 18.5 Å². The van der Waals surface area contributed by atoms with Gasteiger partial charge in [-0.05, 0) is 6.92 Å². The highest BCUT2D eigenvalue weighted by atomic mass is 16.6. The lowest BCUT2D eigenvalue weighted by molar-refractivity contribution is -0.155. The Hall–Kier alpha value is -2.05. The van der Waals surface area contributed by atoms with Crippen molar-refractivity contribution in [1.29, 1.82) is 0 Å². The maximum absolute atomic E-state index is 11.3. The number of carbonyl (C=O) groups excluding carboxylic acids is 2. The first kappa shape index (κ1) is 14.4. The molecule has 0 radical (unpaired) electrons. The van der Waals surface area contributed by atoms with E-state index < -0.39 is 11.9 Å². The van der Waals surface area contributed by atoms with E-state index in [2.05, 4.69) is 10.4 Å². The predicted molar refractivity (Wildman–Crippen MR) is 71.1 cm³/mol. The topological polar surface area (TPSA) is 82.5 Å². The average Bonchev–Trinajstić information content (AvgIpc) is 2.67. The summed E-state index contributed by atoms with van der Waals surface area (Å²) < 4.78 is 11.7. The van der Waals surface area contributed by atoms with E-state index in [1.54, 1.807) is 4.68 Å². The Kier molecular flexibility index (Phi) is 4.60. The summed E-state index contributed by atoms with van der Waals surface area (Å²) in [6, 6.07) is 2.00. The maximum Gasteiger partial charge on any atom is 0.317 e. The zero-order valence-electron chi connectivity index (χ0n) is 11.7. The van der Waals surface area contributed by atoms with Crippen LogP contribution in [-0.4, -0.2) is 41.0 Å². The number of aryl methyl sites for hydroxylation is 2. The van der Waals surface area contributed by atoms with Gasteiger partial charge in [0.2, 0.25) is 0 Å². The van der Waals surface area contributed by atoms with Gasteiger partial charge in [0.1, 0.15) is 12.2 Å². The molecule has 20 heavy (non-hydrogen) atoms. The number of aromatic nitrogens is 2. The van der Waals surface area contributed by atoms with Gasteiger partial charge in [0.25, 0.3) is 0 Å². The van der Waals surface area contributed by atoms with Crippen molar-refractivity contribution >= 4 is 17.8 Å². The second-order valence-electron chi connectivity index (χ2n) is 4.83. The Bertz CT molecular complexity index is 478. The number of nitrogens with one attached hydrogen (secondary N) is 1. The zero-order chi connectivity index (χ0) is 14.5. The molecule has 0 unspecified atom stereocenters.